The molecule has 6 rings (SSSR count). The molecule has 0 aliphatic heterocycles. The molecule has 9 heteroatoms. The van der Waals surface area contributed by atoms with Crippen LogP contribution in [0.5, 0.6) is 0 Å². The third-order valence-electron chi connectivity index (χ3n) is 8.79. The summed E-state index contributed by atoms with van der Waals surface area (Å²) in [6, 6.07) is 37.4. The van der Waals surface area contributed by atoms with Crippen LogP contribution in [0.4, 0.5) is 10.2 Å². The Kier molecular flexibility index (Phi) is 10.3. The van der Waals surface area contributed by atoms with Crippen LogP contribution in [0.1, 0.15) is 57.3 Å². The van der Waals surface area contributed by atoms with Gasteiger partial charge >= 0.3 is 0 Å². The molecular weight excluding hydrogens is 643 g/mol. The second-order valence-electron chi connectivity index (χ2n) is 12.9. The van der Waals surface area contributed by atoms with Crippen molar-refractivity contribution in [1.82, 2.24) is 15.6 Å². The molecule has 1 aromatic heterocycles. The van der Waals surface area contributed by atoms with Gasteiger partial charge in [-0.25, -0.2) is 9.37 Å². The maximum atomic E-state index is 13.5. The summed E-state index contributed by atoms with van der Waals surface area (Å²) < 4.78 is 13.3. The van der Waals surface area contributed by atoms with E-state index in [4.69, 9.17) is 0 Å². The Morgan fingerprint density at radius 3 is 2.22 bits per heavy atom. The van der Waals surface area contributed by atoms with Crippen molar-refractivity contribution in [2.24, 2.45) is 0 Å². The first-order valence-electron chi connectivity index (χ1n) is 16.5. The van der Waals surface area contributed by atoms with Crippen molar-refractivity contribution in [2.45, 2.75) is 31.8 Å². The molecule has 6 aromatic rings. The van der Waals surface area contributed by atoms with Gasteiger partial charge in [0.25, 0.3) is 11.8 Å². The van der Waals surface area contributed by atoms with E-state index < -0.39 is 17.9 Å². The van der Waals surface area contributed by atoms with Crippen molar-refractivity contribution in [3.05, 3.63) is 167 Å². The molecule has 8 nitrogen and oxygen atoms in total. The number of aliphatic hydroxyl groups is 1. The fourth-order valence-electron chi connectivity index (χ4n) is 5.70. The molecule has 4 N–H and O–H groups in total. The number of carbonyl (C=O) groups is 3. The van der Waals surface area contributed by atoms with Gasteiger partial charge in [-0.05, 0) is 76.3 Å². The van der Waals surface area contributed by atoms with E-state index in [9.17, 15) is 23.9 Å². The molecule has 0 saturated carbocycles. The van der Waals surface area contributed by atoms with E-state index >= 15 is 0 Å². The largest absolute Gasteiger partial charge is 0.395 e. The predicted molar refractivity (Wildman–Crippen MR) is 197 cm³/mol. The van der Waals surface area contributed by atoms with Crippen molar-refractivity contribution in [3.8, 4) is 11.1 Å². The first-order valence-corrected chi connectivity index (χ1v) is 16.5. The molecule has 0 unspecified atom stereocenters. The van der Waals surface area contributed by atoms with Crippen LogP contribution in [0, 0.1) is 5.82 Å². The highest BCUT2D eigenvalue weighted by atomic mass is 19.1. The van der Waals surface area contributed by atoms with E-state index in [-0.39, 0.29) is 30.3 Å². The van der Waals surface area contributed by atoms with Gasteiger partial charge < -0.3 is 21.1 Å². The summed E-state index contributed by atoms with van der Waals surface area (Å²) in [5.74, 6) is -1.20. The lowest BCUT2D eigenvalue weighted by Gasteiger charge is -2.22. The maximum absolute atomic E-state index is 13.5. The van der Waals surface area contributed by atoms with Crippen LogP contribution in [0.3, 0.4) is 0 Å². The number of hydrogen-bond acceptors (Lipinski definition) is 5. The minimum Gasteiger partial charge on any atom is -0.395 e. The average molecular weight is 681 g/mol. The van der Waals surface area contributed by atoms with Gasteiger partial charge in [0.15, 0.2) is 0 Å². The number of benzene rings is 5. The molecule has 0 aliphatic rings. The zero-order valence-corrected chi connectivity index (χ0v) is 28.2. The van der Waals surface area contributed by atoms with E-state index in [1.54, 1.807) is 78.9 Å². The van der Waals surface area contributed by atoms with E-state index in [2.05, 4.69) is 20.9 Å². The van der Waals surface area contributed by atoms with Gasteiger partial charge in [0.2, 0.25) is 5.91 Å². The van der Waals surface area contributed by atoms with Gasteiger partial charge in [-0.1, -0.05) is 98.8 Å². The number of aliphatic hydroxyl groups excluding tert-OH is 1. The minimum atomic E-state index is -0.973. The second-order valence-corrected chi connectivity index (χ2v) is 12.9. The Balaban J connectivity index is 1.16. The number of nitrogens with zero attached hydrogens (tertiary/aromatic N) is 1. The molecular formula is C42H37FN4O4. The lowest BCUT2D eigenvalue weighted by molar-refractivity contribution is -0.123. The van der Waals surface area contributed by atoms with Crippen molar-refractivity contribution < 1.29 is 23.9 Å². The first-order chi connectivity index (χ1) is 24.6. The Morgan fingerprint density at radius 2 is 1.49 bits per heavy atom. The predicted octanol–water partition coefficient (Wildman–Crippen LogP) is 7.35. The van der Waals surface area contributed by atoms with E-state index in [1.807, 2.05) is 56.3 Å². The third kappa shape index (κ3) is 8.17. The van der Waals surface area contributed by atoms with Crippen LogP contribution < -0.4 is 16.0 Å². The summed E-state index contributed by atoms with van der Waals surface area (Å²) in [7, 11) is 0. The van der Waals surface area contributed by atoms with Crippen molar-refractivity contribution >= 4 is 34.4 Å². The lowest BCUT2D eigenvalue weighted by Crippen LogP contribution is -2.40. The number of aromatic nitrogens is 1. The molecule has 51 heavy (non-hydrogen) atoms. The van der Waals surface area contributed by atoms with Crippen LogP contribution in [-0.4, -0.2) is 34.4 Å². The summed E-state index contributed by atoms with van der Waals surface area (Å²) >= 11 is 0. The van der Waals surface area contributed by atoms with Gasteiger partial charge in [-0.2, -0.15) is 0 Å². The molecule has 0 bridgehead atoms. The molecule has 3 amide bonds. The zero-order chi connectivity index (χ0) is 36.0. The topological polar surface area (TPSA) is 120 Å². The van der Waals surface area contributed by atoms with Gasteiger partial charge in [0, 0.05) is 28.5 Å². The zero-order valence-electron chi connectivity index (χ0n) is 28.2. The Hall–Kier alpha value is -6.19. The van der Waals surface area contributed by atoms with Gasteiger partial charge in [-0.15, -0.1) is 0 Å². The fourth-order valence-corrected chi connectivity index (χ4v) is 5.70. The van der Waals surface area contributed by atoms with Crippen molar-refractivity contribution in [2.75, 3.05) is 11.9 Å². The van der Waals surface area contributed by atoms with Gasteiger partial charge in [0.05, 0.1) is 12.1 Å². The molecule has 0 aliphatic carbocycles. The first kappa shape index (κ1) is 34.7. The monoisotopic (exact) mass is 680 g/mol. The standard InChI is InChI=1S/C42H37FN4O4/c1-42(2,26-48)32-18-14-28(15-19-32)34-10-6-7-11-35(34)40(50)46-37-23-17-30-24-31(16-22-36(30)45-37)39(49)47-38(29-8-4-3-5-9-29)41(51)44-25-27-12-20-33(43)21-13-27/h3-24,38,48H,25-26H2,1-2H3,(H,44,51)(H,47,49)(H,45,46,50)/t38-/m0/s1. The maximum Gasteiger partial charge on any atom is 0.257 e. The summed E-state index contributed by atoms with van der Waals surface area (Å²) in [4.78, 5) is 44.9. The highest BCUT2D eigenvalue weighted by Crippen LogP contribution is 2.29. The van der Waals surface area contributed by atoms with Crippen LogP contribution in [0.25, 0.3) is 22.0 Å². The number of nitrogens with one attached hydrogen (secondary N) is 3. The minimum absolute atomic E-state index is 0.0210. The summed E-state index contributed by atoms with van der Waals surface area (Å²) in [6.07, 6.45) is 0. The van der Waals surface area contributed by atoms with Crippen LogP contribution in [0.2, 0.25) is 0 Å². The van der Waals surface area contributed by atoms with E-state index in [0.29, 0.717) is 33.4 Å². The highest BCUT2D eigenvalue weighted by Gasteiger charge is 2.24. The fraction of sp³-hybridized carbons (Fsp3) is 0.143. The number of rotatable bonds is 11. The number of hydrogen-bond donors (Lipinski definition) is 4. The smallest absolute Gasteiger partial charge is 0.257 e. The highest BCUT2D eigenvalue weighted by molar-refractivity contribution is 6.09. The lowest BCUT2D eigenvalue weighted by atomic mass is 9.84. The Labute approximate surface area is 295 Å². The number of halogens is 1. The van der Waals surface area contributed by atoms with Crippen LogP contribution in [0.15, 0.2) is 133 Å². The summed E-state index contributed by atoms with van der Waals surface area (Å²) in [6.45, 7) is 4.13. The van der Waals surface area contributed by atoms with Crippen molar-refractivity contribution in [3.63, 3.8) is 0 Å². The molecule has 1 atom stereocenters. The van der Waals surface area contributed by atoms with Crippen LogP contribution in [-0.2, 0) is 16.8 Å². The molecule has 0 saturated heterocycles. The van der Waals surface area contributed by atoms with Gasteiger partial charge in [0.1, 0.15) is 17.7 Å². The molecule has 0 spiro atoms. The molecule has 5 aromatic carbocycles. The molecule has 1 heterocycles. The summed E-state index contributed by atoms with van der Waals surface area (Å²) in [5, 5.41) is 19.0. The summed E-state index contributed by atoms with van der Waals surface area (Å²) in [5.41, 5.74) is 4.95. The number of amides is 3. The molecule has 256 valence electrons. The van der Waals surface area contributed by atoms with E-state index in [0.717, 1.165) is 22.3 Å². The Morgan fingerprint density at radius 1 is 0.784 bits per heavy atom. The Bertz CT molecular complexity index is 2190. The van der Waals surface area contributed by atoms with E-state index in [1.165, 1.54) is 12.1 Å². The SMILES string of the molecule is CC(C)(CO)c1ccc(-c2ccccc2C(=O)Nc2ccc3cc(C(=O)N[C@H](C(=O)NCc4ccc(F)cc4)c4ccccc4)ccc3n2)cc1. The number of carbonyl (C=O) groups excluding carboxylic acids is 3. The number of fused-ring (bicyclic) bond motifs is 1. The van der Waals surface area contributed by atoms with Gasteiger partial charge in [-0.3, -0.25) is 14.4 Å². The number of anilines is 1. The third-order valence-corrected chi connectivity index (χ3v) is 8.79. The molecule has 0 fully saturated rings. The number of pyridine rings is 1. The average Bonchev–Trinajstić information content (AvgIpc) is 3.16. The second kappa shape index (κ2) is 15.1. The quantitative estimate of drug-likeness (QED) is 0.114. The normalized spacial score (nSPS) is 11.8. The molecule has 0 radical (unpaired) electrons. The van der Waals surface area contributed by atoms with Crippen molar-refractivity contribution in [1.29, 1.82) is 0 Å². The van der Waals surface area contributed by atoms with Crippen LogP contribution >= 0.6 is 0 Å².